The molecule has 2 rings (SSSR count). The smallest absolute Gasteiger partial charge is 0.512 e. The molecule has 0 saturated heterocycles. The lowest BCUT2D eigenvalue weighted by Gasteiger charge is -2.13. The molecule has 0 aromatic heterocycles. The molecule has 0 heterocycles. The van der Waals surface area contributed by atoms with Gasteiger partial charge in [0.25, 0.3) is 5.91 Å². The Morgan fingerprint density at radius 3 is 2.35 bits per heavy atom. The number of halogens is 3. The minimum Gasteiger partial charge on any atom is -0.512 e. The highest BCUT2D eigenvalue weighted by Gasteiger charge is 2.32. The van der Waals surface area contributed by atoms with Crippen LogP contribution in [0.1, 0.15) is 21.5 Å². The highest BCUT2D eigenvalue weighted by molar-refractivity contribution is 6.33. The first-order valence-electron chi connectivity index (χ1n) is 7.36. The molecule has 0 aliphatic carbocycles. The Morgan fingerprint density at radius 2 is 1.81 bits per heavy atom. The van der Waals surface area contributed by atoms with E-state index in [1.807, 2.05) is 0 Å². The summed E-state index contributed by atoms with van der Waals surface area (Å²) in [5, 5.41) is 19.9. The van der Waals surface area contributed by atoms with Crippen LogP contribution in [0.4, 0.5) is 13.2 Å². The average molecular weight is 369 g/mol. The predicted molar refractivity (Wildman–Crippen MR) is 86.4 cm³/mol. The van der Waals surface area contributed by atoms with Crippen molar-refractivity contribution in [2.24, 2.45) is 0 Å². The van der Waals surface area contributed by atoms with E-state index >= 15 is 0 Å². The first-order chi connectivity index (χ1) is 12.2. The number of benzene rings is 2. The van der Waals surface area contributed by atoms with E-state index in [1.165, 1.54) is 19.2 Å². The van der Waals surface area contributed by atoms with Crippen molar-refractivity contribution in [3.63, 3.8) is 0 Å². The van der Waals surface area contributed by atoms with E-state index in [0.29, 0.717) is 5.56 Å². The monoisotopic (exact) mass is 369 g/mol. The van der Waals surface area contributed by atoms with Crippen LogP contribution >= 0.6 is 0 Å². The molecular weight excluding hydrogens is 354 g/mol. The first-order valence-corrected chi connectivity index (χ1v) is 7.36. The van der Waals surface area contributed by atoms with Crippen molar-refractivity contribution < 1.29 is 37.4 Å². The van der Waals surface area contributed by atoms with Gasteiger partial charge in [-0.05, 0) is 35.9 Å². The number of amides is 1. The Hall–Kier alpha value is -2.72. The van der Waals surface area contributed by atoms with Crippen LogP contribution in [0.5, 0.6) is 11.5 Å². The van der Waals surface area contributed by atoms with Crippen LogP contribution in [0.15, 0.2) is 42.5 Å². The van der Waals surface area contributed by atoms with Gasteiger partial charge in [-0.15, -0.1) is 0 Å². The molecule has 2 aromatic rings. The van der Waals surface area contributed by atoms with Crippen molar-refractivity contribution in [2.45, 2.75) is 12.7 Å². The second kappa shape index (κ2) is 8.11. The van der Waals surface area contributed by atoms with Gasteiger partial charge >= 0.3 is 13.5 Å². The Bertz CT molecular complexity index is 765. The summed E-state index contributed by atoms with van der Waals surface area (Å²) in [6, 6.07) is 8.67. The van der Waals surface area contributed by atoms with Crippen LogP contribution in [0.2, 0.25) is 0 Å². The third kappa shape index (κ3) is 5.14. The van der Waals surface area contributed by atoms with Crippen molar-refractivity contribution in [3.05, 3.63) is 59.2 Å². The number of methoxy groups -OCH3 is 1. The number of carbonyl (C=O) groups is 1. The molecule has 10 heteroatoms. The molecule has 0 bridgehead atoms. The van der Waals surface area contributed by atoms with E-state index in [1.54, 1.807) is 12.1 Å². The summed E-state index contributed by atoms with van der Waals surface area (Å²) < 4.78 is 48.1. The fourth-order valence-corrected chi connectivity index (χ4v) is 2.15. The molecule has 0 atom stereocenters. The quantitative estimate of drug-likeness (QED) is 0.678. The molecule has 0 spiro atoms. The van der Waals surface area contributed by atoms with Crippen molar-refractivity contribution in [1.29, 1.82) is 0 Å². The minimum absolute atomic E-state index is 0.0242. The summed E-state index contributed by atoms with van der Waals surface area (Å²) >= 11 is 0. The maximum Gasteiger partial charge on any atom is 0.707 e. The molecule has 3 N–H and O–H groups in total. The van der Waals surface area contributed by atoms with Crippen molar-refractivity contribution in [3.8, 4) is 11.5 Å². The van der Waals surface area contributed by atoms with Gasteiger partial charge in [0, 0.05) is 6.54 Å². The predicted octanol–water partition coefficient (Wildman–Crippen LogP) is 1.99. The topological polar surface area (TPSA) is 88.0 Å². The molecule has 0 radical (unpaired) electrons. The van der Waals surface area contributed by atoms with E-state index in [4.69, 9.17) is 14.8 Å². The molecule has 0 aliphatic rings. The molecule has 6 nitrogen and oxygen atoms in total. The zero-order valence-electron chi connectivity index (χ0n) is 13.6. The molecule has 0 saturated carbocycles. The highest BCUT2D eigenvalue weighted by Crippen LogP contribution is 2.32. The normalized spacial score (nSPS) is 11.0. The van der Waals surface area contributed by atoms with Crippen LogP contribution in [0.3, 0.4) is 0 Å². The number of ether oxygens (including phenoxy) is 1. The lowest BCUT2D eigenvalue weighted by molar-refractivity contribution is -0.137. The molecule has 1 amide bonds. The molecular formula is C16H15BF3NO5. The Balaban J connectivity index is 2.09. The standard InChI is InChI=1S/C16H15BF3NO5/c1-25-14-7-4-11(16(18,19)20)8-13(14)15(22)21-9-10-2-5-12(6-3-10)26-17(23)24/h2-8,23-24H,9H2,1H3,(H,21,22). The number of carbonyl (C=O) groups excluding carboxylic acids is 1. The van der Waals surface area contributed by atoms with Gasteiger partial charge in [0.15, 0.2) is 0 Å². The zero-order chi connectivity index (χ0) is 19.3. The lowest BCUT2D eigenvalue weighted by Crippen LogP contribution is -2.24. The van der Waals surface area contributed by atoms with Gasteiger partial charge in [0.2, 0.25) is 0 Å². The van der Waals surface area contributed by atoms with E-state index in [-0.39, 0.29) is 23.6 Å². The minimum atomic E-state index is -4.57. The van der Waals surface area contributed by atoms with Crippen LogP contribution in [-0.2, 0) is 12.7 Å². The Labute approximate surface area is 147 Å². The summed E-state index contributed by atoms with van der Waals surface area (Å²) in [7, 11) is -0.692. The maximum absolute atomic E-state index is 12.8. The van der Waals surface area contributed by atoms with E-state index in [2.05, 4.69) is 9.97 Å². The molecule has 26 heavy (non-hydrogen) atoms. The zero-order valence-corrected chi connectivity index (χ0v) is 13.6. The van der Waals surface area contributed by atoms with Crippen molar-refractivity contribution in [2.75, 3.05) is 7.11 Å². The van der Waals surface area contributed by atoms with E-state index < -0.39 is 25.0 Å². The molecule has 0 fully saturated rings. The summed E-state index contributed by atoms with van der Waals surface area (Å²) in [4.78, 5) is 12.2. The van der Waals surface area contributed by atoms with Gasteiger partial charge < -0.3 is 24.8 Å². The maximum atomic E-state index is 12.8. The summed E-state index contributed by atoms with van der Waals surface area (Å²) in [5.41, 5.74) is -0.553. The van der Waals surface area contributed by atoms with Crippen molar-refractivity contribution >= 4 is 13.2 Å². The number of hydrogen-bond donors (Lipinski definition) is 3. The highest BCUT2D eigenvalue weighted by atomic mass is 19.4. The number of rotatable bonds is 6. The number of nitrogens with one attached hydrogen (secondary N) is 1. The van der Waals surface area contributed by atoms with E-state index in [0.717, 1.165) is 18.2 Å². The summed E-state index contributed by atoms with van der Waals surface area (Å²) in [6.07, 6.45) is -4.57. The largest absolute Gasteiger partial charge is 0.707 e. The van der Waals surface area contributed by atoms with Gasteiger partial charge in [0.05, 0.1) is 18.2 Å². The summed E-state index contributed by atoms with van der Waals surface area (Å²) in [6.45, 7) is 0.0419. The SMILES string of the molecule is COc1ccc(C(F)(F)F)cc1C(=O)NCc1ccc(OB(O)O)cc1. The molecule has 2 aromatic carbocycles. The Kier molecular flexibility index (Phi) is 6.12. The van der Waals surface area contributed by atoms with Crippen molar-refractivity contribution in [1.82, 2.24) is 5.32 Å². The van der Waals surface area contributed by atoms with Gasteiger partial charge in [-0.2, -0.15) is 13.2 Å². The Morgan fingerprint density at radius 1 is 1.15 bits per heavy atom. The fourth-order valence-electron chi connectivity index (χ4n) is 2.15. The number of alkyl halides is 3. The molecule has 0 aliphatic heterocycles. The lowest BCUT2D eigenvalue weighted by atomic mass is 10.1. The van der Waals surface area contributed by atoms with Gasteiger partial charge in [0.1, 0.15) is 11.5 Å². The second-order valence-electron chi connectivity index (χ2n) is 5.18. The van der Waals surface area contributed by atoms with Gasteiger partial charge in [-0.3, -0.25) is 4.79 Å². The average Bonchev–Trinajstić information content (AvgIpc) is 2.59. The van der Waals surface area contributed by atoms with Crippen LogP contribution in [0.25, 0.3) is 0 Å². The number of hydrogen-bond acceptors (Lipinski definition) is 5. The fraction of sp³-hybridized carbons (Fsp3) is 0.188. The third-order valence-corrected chi connectivity index (χ3v) is 3.39. The molecule has 0 unspecified atom stereocenters. The molecule has 138 valence electrons. The first kappa shape index (κ1) is 19.6. The van der Waals surface area contributed by atoms with E-state index in [9.17, 15) is 18.0 Å². The van der Waals surface area contributed by atoms with Gasteiger partial charge in [-0.25, -0.2) is 0 Å². The third-order valence-electron chi connectivity index (χ3n) is 3.39. The second-order valence-corrected chi connectivity index (χ2v) is 5.18. The summed E-state index contributed by atoms with van der Waals surface area (Å²) in [5.74, 6) is -0.495. The van der Waals surface area contributed by atoms with Crippen LogP contribution < -0.4 is 14.7 Å². The van der Waals surface area contributed by atoms with Crippen LogP contribution in [0, 0.1) is 0 Å². The van der Waals surface area contributed by atoms with Crippen LogP contribution in [-0.4, -0.2) is 30.4 Å². The van der Waals surface area contributed by atoms with Gasteiger partial charge in [-0.1, -0.05) is 12.1 Å².